The molecule has 5 aromatic heterocycles. The zero-order valence-corrected chi connectivity index (χ0v) is 21.5. The summed E-state index contributed by atoms with van der Waals surface area (Å²) in [7, 11) is 1.67. The van der Waals surface area contributed by atoms with E-state index in [0.717, 1.165) is 12.8 Å². The maximum absolute atomic E-state index is 13.6. The lowest BCUT2D eigenvalue weighted by Crippen LogP contribution is -2.23. The molecule has 192 valence electrons. The Morgan fingerprint density at radius 3 is 2.63 bits per heavy atom. The van der Waals surface area contributed by atoms with E-state index in [9.17, 15) is 14.7 Å². The van der Waals surface area contributed by atoms with Crippen molar-refractivity contribution in [3.05, 3.63) is 105 Å². The number of aromatic nitrogens is 5. The van der Waals surface area contributed by atoms with Crippen LogP contribution in [0.15, 0.2) is 77.0 Å². The van der Waals surface area contributed by atoms with Crippen LogP contribution in [-0.2, 0) is 26.5 Å². The lowest BCUT2D eigenvalue weighted by atomic mass is 9.90. The molecule has 0 amide bonds. The number of rotatable bonds is 5. The molecule has 5 aromatic rings. The Bertz CT molecular complexity index is 1810. The molecular weight excluding hydrogens is 480 g/mol. The second-order valence-corrected chi connectivity index (χ2v) is 10.6. The number of anilines is 2. The number of hydrogen-bond donors (Lipinski definition) is 2. The second kappa shape index (κ2) is 8.81. The van der Waals surface area contributed by atoms with Gasteiger partial charge in [-0.3, -0.25) is 14.2 Å². The van der Waals surface area contributed by atoms with E-state index in [4.69, 9.17) is 0 Å². The third-order valence-electron chi connectivity index (χ3n) is 7.19. The summed E-state index contributed by atoms with van der Waals surface area (Å²) in [6, 6.07) is 10.9. The zero-order chi connectivity index (χ0) is 26.6. The number of pyridine rings is 3. The van der Waals surface area contributed by atoms with Gasteiger partial charge in [0.15, 0.2) is 0 Å². The smallest absolute Gasteiger partial charge is 0.280 e. The molecular formula is C29H28N6O3. The van der Waals surface area contributed by atoms with Crippen molar-refractivity contribution in [2.24, 2.45) is 12.5 Å². The summed E-state index contributed by atoms with van der Waals surface area (Å²) in [5, 5.41) is 13.5. The molecule has 0 aliphatic heterocycles. The minimum absolute atomic E-state index is 0.181. The van der Waals surface area contributed by atoms with E-state index in [0.29, 0.717) is 39.5 Å². The predicted molar refractivity (Wildman–Crippen MR) is 146 cm³/mol. The van der Waals surface area contributed by atoms with E-state index in [-0.39, 0.29) is 23.1 Å². The Hall–Kier alpha value is -4.50. The van der Waals surface area contributed by atoms with Crippen molar-refractivity contribution >= 4 is 17.0 Å². The fraction of sp³-hybridized carbons (Fsp3) is 0.241. The SMILES string of the molecule is Cn1cc(-c2ccnc(-n3ccn4c5c(cc4c3=O)CC(C)(C)C5)c2CO)cc(Nc2ccccn2)c1=O. The number of nitrogens with zero attached hydrogens (tertiary/aromatic N) is 5. The van der Waals surface area contributed by atoms with Crippen LogP contribution in [0.4, 0.5) is 11.5 Å². The van der Waals surface area contributed by atoms with E-state index in [2.05, 4.69) is 29.1 Å². The normalized spacial score (nSPS) is 14.1. The fourth-order valence-corrected chi connectivity index (χ4v) is 5.47. The van der Waals surface area contributed by atoms with Gasteiger partial charge in [-0.2, -0.15) is 0 Å². The molecule has 1 aliphatic carbocycles. The van der Waals surface area contributed by atoms with E-state index in [1.165, 1.54) is 20.4 Å². The Morgan fingerprint density at radius 1 is 1.03 bits per heavy atom. The Labute approximate surface area is 218 Å². The van der Waals surface area contributed by atoms with Gasteiger partial charge in [-0.1, -0.05) is 19.9 Å². The zero-order valence-electron chi connectivity index (χ0n) is 21.5. The first-order valence-corrected chi connectivity index (χ1v) is 12.5. The van der Waals surface area contributed by atoms with Crippen LogP contribution in [0.3, 0.4) is 0 Å². The topological polar surface area (TPSA) is 106 Å². The average molecular weight is 509 g/mol. The van der Waals surface area contributed by atoms with Crippen molar-refractivity contribution in [2.75, 3.05) is 5.32 Å². The van der Waals surface area contributed by atoms with Gasteiger partial charge in [0.05, 0.1) is 6.61 Å². The highest BCUT2D eigenvalue weighted by Gasteiger charge is 2.31. The number of hydrogen-bond acceptors (Lipinski definition) is 6. The van der Waals surface area contributed by atoms with Gasteiger partial charge in [-0.15, -0.1) is 0 Å². The molecule has 0 aromatic carbocycles. The molecule has 0 fully saturated rings. The molecule has 9 heteroatoms. The van der Waals surface area contributed by atoms with Crippen LogP contribution in [0.2, 0.25) is 0 Å². The van der Waals surface area contributed by atoms with Crippen molar-refractivity contribution in [2.45, 2.75) is 33.3 Å². The molecule has 6 rings (SSSR count). The maximum Gasteiger partial charge on any atom is 0.280 e. The Morgan fingerprint density at radius 2 is 1.87 bits per heavy atom. The third kappa shape index (κ3) is 3.92. The van der Waals surface area contributed by atoms with Crippen LogP contribution >= 0.6 is 0 Å². The summed E-state index contributed by atoms with van der Waals surface area (Å²) in [6.07, 6.45) is 10.4. The Balaban J connectivity index is 1.47. The molecule has 9 nitrogen and oxygen atoms in total. The maximum atomic E-state index is 13.6. The summed E-state index contributed by atoms with van der Waals surface area (Å²) >= 11 is 0. The molecule has 2 N–H and O–H groups in total. The molecule has 38 heavy (non-hydrogen) atoms. The first-order valence-electron chi connectivity index (χ1n) is 12.5. The van der Waals surface area contributed by atoms with Crippen molar-refractivity contribution < 1.29 is 5.11 Å². The van der Waals surface area contributed by atoms with Crippen LogP contribution < -0.4 is 16.4 Å². The summed E-state index contributed by atoms with van der Waals surface area (Å²) in [4.78, 5) is 35.2. The van der Waals surface area contributed by atoms with Gasteiger partial charge in [-0.25, -0.2) is 9.97 Å². The van der Waals surface area contributed by atoms with E-state index in [1.54, 1.807) is 56.1 Å². The van der Waals surface area contributed by atoms with Crippen molar-refractivity contribution in [1.82, 2.24) is 23.5 Å². The minimum atomic E-state index is -0.340. The molecule has 0 bridgehead atoms. The average Bonchev–Trinajstić information content (AvgIpc) is 3.39. The number of aryl methyl sites for hydroxylation is 1. The van der Waals surface area contributed by atoms with Crippen LogP contribution in [0, 0.1) is 5.41 Å². The summed E-state index contributed by atoms with van der Waals surface area (Å²) in [5.74, 6) is 0.897. The van der Waals surface area contributed by atoms with Crippen LogP contribution in [0.5, 0.6) is 0 Å². The highest BCUT2D eigenvalue weighted by molar-refractivity contribution is 5.73. The lowest BCUT2D eigenvalue weighted by molar-refractivity contribution is 0.281. The van der Waals surface area contributed by atoms with Gasteiger partial charge in [0, 0.05) is 54.9 Å². The van der Waals surface area contributed by atoms with E-state index in [1.807, 2.05) is 22.7 Å². The molecule has 0 unspecified atom stereocenters. The van der Waals surface area contributed by atoms with Crippen LogP contribution in [0.1, 0.15) is 30.7 Å². The van der Waals surface area contributed by atoms with E-state index >= 15 is 0 Å². The molecule has 1 aliphatic rings. The third-order valence-corrected chi connectivity index (χ3v) is 7.19. The standard InChI is InChI=1S/C29H28N6O3/c1-29(2)14-18-13-23-28(38)35(11-10-34(23)24(18)15-29)26-21(17-36)20(7-9-31-26)19-12-22(27(37)33(3)16-19)32-25-6-4-5-8-30-25/h4-13,16,36H,14-15,17H2,1-3H3,(H,30,32). The Kier molecular flexibility index (Phi) is 5.53. The van der Waals surface area contributed by atoms with Gasteiger partial charge in [0.2, 0.25) is 0 Å². The number of fused-ring (bicyclic) bond motifs is 3. The number of nitrogens with one attached hydrogen (secondary N) is 1. The second-order valence-electron chi connectivity index (χ2n) is 10.6. The molecule has 0 spiro atoms. The highest BCUT2D eigenvalue weighted by atomic mass is 16.3. The fourth-order valence-electron chi connectivity index (χ4n) is 5.47. The molecule has 0 saturated carbocycles. The van der Waals surface area contributed by atoms with Crippen molar-refractivity contribution in [1.29, 1.82) is 0 Å². The minimum Gasteiger partial charge on any atom is -0.392 e. The van der Waals surface area contributed by atoms with Gasteiger partial charge >= 0.3 is 0 Å². The first-order chi connectivity index (χ1) is 18.3. The van der Waals surface area contributed by atoms with Crippen molar-refractivity contribution in [3.63, 3.8) is 0 Å². The summed E-state index contributed by atoms with van der Waals surface area (Å²) in [5.41, 5.74) is 4.93. The monoisotopic (exact) mass is 508 g/mol. The summed E-state index contributed by atoms with van der Waals surface area (Å²) < 4.78 is 4.94. The largest absolute Gasteiger partial charge is 0.392 e. The molecule has 0 radical (unpaired) electrons. The molecule has 5 heterocycles. The number of aliphatic hydroxyl groups is 1. The predicted octanol–water partition coefficient (Wildman–Crippen LogP) is 3.61. The first kappa shape index (κ1) is 23.9. The van der Waals surface area contributed by atoms with Gasteiger partial charge in [0.1, 0.15) is 22.8 Å². The number of aliphatic hydroxyl groups excluding tert-OH is 1. The van der Waals surface area contributed by atoms with Crippen molar-refractivity contribution in [3.8, 4) is 16.9 Å². The molecule has 0 saturated heterocycles. The van der Waals surface area contributed by atoms with Gasteiger partial charge in [-0.05, 0) is 59.7 Å². The van der Waals surface area contributed by atoms with Gasteiger partial charge in [0.25, 0.3) is 11.1 Å². The van der Waals surface area contributed by atoms with Crippen LogP contribution in [0.25, 0.3) is 22.5 Å². The quantitative estimate of drug-likeness (QED) is 0.376. The lowest BCUT2D eigenvalue weighted by Gasteiger charge is -2.17. The summed E-state index contributed by atoms with van der Waals surface area (Å²) in [6.45, 7) is 4.13. The van der Waals surface area contributed by atoms with E-state index < -0.39 is 0 Å². The molecule has 0 atom stereocenters. The van der Waals surface area contributed by atoms with Gasteiger partial charge < -0.3 is 19.4 Å². The highest BCUT2D eigenvalue weighted by Crippen LogP contribution is 2.37. The van der Waals surface area contributed by atoms with Crippen LogP contribution in [-0.4, -0.2) is 28.6 Å².